The van der Waals surface area contributed by atoms with E-state index in [0.717, 1.165) is 22.3 Å². The summed E-state index contributed by atoms with van der Waals surface area (Å²) in [6.45, 7) is 18.4. The van der Waals surface area contributed by atoms with Crippen LogP contribution in [0.5, 0.6) is 0 Å². The molecule has 394 valence electrons. The zero-order valence-electron chi connectivity index (χ0n) is 38.0. The van der Waals surface area contributed by atoms with Crippen molar-refractivity contribution >= 4 is 232 Å². The van der Waals surface area contributed by atoms with Crippen LogP contribution in [0.15, 0.2) is 68.5 Å². The molecule has 28 heteroatoms. The minimum absolute atomic E-state index is 0.309. The van der Waals surface area contributed by atoms with Gasteiger partial charge in [0, 0.05) is 0 Å². The lowest BCUT2D eigenvalue weighted by molar-refractivity contribution is 0.278. The van der Waals surface area contributed by atoms with Crippen molar-refractivity contribution in [3.8, 4) is 22.3 Å². The molecule has 10 nitrogen and oxygen atoms in total. The van der Waals surface area contributed by atoms with Crippen molar-refractivity contribution in [3.05, 3.63) is 71.3 Å². The van der Waals surface area contributed by atoms with Gasteiger partial charge < -0.3 is 18.9 Å². The summed E-state index contributed by atoms with van der Waals surface area (Å²) in [5.74, 6) is 2.11. The molecule has 70 heavy (non-hydrogen) atoms. The van der Waals surface area contributed by atoms with E-state index in [1.54, 1.807) is 0 Å². The van der Waals surface area contributed by atoms with Crippen LogP contribution < -0.4 is 0 Å². The topological polar surface area (TPSA) is 112 Å². The van der Waals surface area contributed by atoms with E-state index in [9.17, 15) is 0 Å². The first-order valence-corrected chi connectivity index (χ1v) is 27.5. The normalized spacial score (nSPS) is 17.4. The Balaban J connectivity index is 0.000000854. The molecule has 0 amide bonds. The summed E-state index contributed by atoms with van der Waals surface area (Å²) in [6, 6.07) is 16.4. The zero-order valence-corrected chi connectivity index (χ0v) is 51.6. The molecule has 0 bridgehead atoms. The van der Waals surface area contributed by atoms with E-state index >= 15 is 0 Å². The molecule has 0 fully saturated rings. The van der Waals surface area contributed by atoms with Gasteiger partial charge in [-0.2, -0.15) is 0 Å². The fourth-order valence-electron chi connectivity index (χ4n) is 5.55. The summed E-state index contributed by atoms with van der Waals surface area (Å²) in [7, 11) is 0. The van der Waals surface area contributed by atoms with E-state index in [1.807, 2.05) is 79.7 Å². The molecular formula is C42H46Cl18N6O4. The SMILES string of the molecule is CC1(C)COC(c2cc(-c3ccc(-c4cc(C5=NC(C)(C)CO5)nc(C5=NC(C)(C)CO5)c4)cc3)cc(C3=NC(C)(C)CO3)n2)=N1.ClC(Cl)Cl.ClC(Cl)Cl.ClC(Cl)Cl.ClC(Cl)Cl.ClC(Cl)Cl.ClC(Cl)Cl. The molecule has 0 unspecified atom stereocenters. The number of hydrogen-bond donors (Lipinski definition) is 0. The molecule has 2 aromatic heterocycles. The van der Waals surface area contributed by atoms with Gasteiger partial charge in [0.1, 0.15) is 49.2 Å². The molecule has 0 radical (unpaired) electrons. The van der Waals surface area contributed by atoms with Crippen molar-refractivity contribution in [2.45, 2.75) is 103 Å². The second kappa shape index (κ2) is 32.4. The van der Waals surface area contributed by atoms with Crippen LogP contribution in [0.25, 0.3) is 22.3 Å². The van der Waals surface area contributed by atoms with Crippen molar-refractivity contribution in [2.75, 3.05) is 26.4 Å². The summed E-state index contributed by atoms with van der Waals surface area (Å²) in [4.78, 5) is 28.9. The highest BCUT2D eigenvalue weighted by Crippen LogP contribution is 2.32. The maximum atomic E-state index is 5.97. The first-order valence-electron chi connectivity index (χ1n) is 19.6. The van der Waals surface area contributed by atoms with Gasteiger partial charge in [-0.15, -0.1) is 0 Å². The lowest BCUT2D eigenvalue weighted by Gasteiger charge is -2.11. The highest BCUT2D eigenvalue weighted by molar-refractivity contribution is 6.65. The summed E-state index contributed by atoms with van der Waals surface area (Å²) < 4.78 is 19.4. The fraction of sp³-hybridized carbons (Fsp3) is 0.524. The van der Waals surface area contributed by atoms with E-state index in [1.165, 1.54) is 0 Å². The van der Waals surface area contributed by atoms with Crippen LogP contribution in [0, 0.1) is 0 Å². The maximum Gasteiger partial charge on any atom is 0.236 e. The third kappa shape index (κ3) is 29.8. The van der Waals surface area contributed by atoms with E-state index in [0.29, 0.717) is 72.8 Å². The van der Waals surface area contributed by atoms with Crippen LogP contribution in [0.4, 0.5) is 0 Å². The Kier molecular flexibility index (Phi) is 31.7. The smallest absolute Gasteiger partial charge is 0.236 e. The molecular weight excluding hydrogens is 1290 g/mol. The number of pyridine rings is 2. The number of ether oxygens (including phenoxy) is 4. The van der Waals surface area contributed by atoms with Gasteiger partial charge in [0.25, 0.3) is 0 Å². The Morgan fingerprint density at radius 3 is 0.600 bits per heavy atom. The molecule has 0 saturated carbocycles. The molecule has 0 spiro atoms. The zero-order chi connectivity index (χ0) is 53.9. The molecule has 0 N–H and O–H groups in total. The summed E-state index contributed by atoms with van der Waals surface area (Å²) in [5, 5.41) is 0. The van der Waals surface area contributed by atoms with Crippen molar-refractivity contribution < 1.29 is 18.9 Å². The lowest BCUT2D eigenvalue weighted by Crippen LogP contribution is -2.17. The third-order valence-electron chi connectivity index (χ3n) is 7.94. The molecule has 7 rings (SSSR count). The van der Waals surface area contributed by atoms with Crippen LogP contribution in [0.3, 0.4) is 0 Å². The van der Waals surface area contributed by atoms with Crippen molar-refractivity contribution in [1.82, 2.24) is 9.97 Å². The minimum Gasteiger partial charge on any atom is -0.474 e. The van der Waals surface area contributed by atoms with E-state index < -0.39 is 25.8 Å². The Labute approximate surface area is 499 Å². The highest BCUT2D eigenvalue weighted by Gasteiger charge is 2.33. The number of aliphatic imine (C=N–C) groups is 4. The molecule has 0 saturated heterocycles. The molecule has 4 aliphatic rings. The maximum absolute atomic E-state index is 5.97. The first-order chi connectivity index (χ1) is 32.0. The standard InChI is InChI=1S/C36H40N6O4.6CHCl3/c1-33(2)17-43-29(39-33)25-13-23(14-26(37-25)30-40-34(3,4)18-44-30)21-9-11-22(12-10-21)24-15-27(31-41-35(5,6)19-45-31)38-28(16-24)32-42-36(7,8)20-46-32;6*2-1(3)4/h9-16H,17-20H2,1-8H3;6*1H. The molecule has 1 aromatic carbocycles. The van der Waals surface area contributed by atoms with Gasteiger partial charge in [-0.25, -0.2) is 29.9 Å². The number of alkyl halides is 18. The van der Waals surface area contributed by atoms with Crippen molar-refractivity contribution in [2.24, 2.45) is 20.0 Å². The van der Waals surface area contributed by atoms with Gasteiger partial charge >= 0.3 is 0 Å². The number of aromatic nitrogens is 2. The monoisotopic (exact) mass is 1330 g/mol. The number of hydrogen-bond acceptors (Lipinski definition) is 10. The van der Waals surface area contributed by atoms with Crippen molar-refractivity contribution in [3.63, 3.8) is 0 Å². The highest BCUT2D eigenvalue weighted by atomic mass is 35.6. The largest absolute Gasteiger partial charge is 0.474 e. The molecule has 3 aromatic rings. The average Bonchev–Trinajstić information content (AvgIpc) is 3.97. The van der Waals surface area contributed by atoms with Crippen LogP contribution >= 0.6 is 209 Å². The second-order valence-electron chi connectivity index (χ2n) is 16.4. The molecule has 0 atom stereocenters. The molecule has 4 aliphatic heterocycles. The molecule has 6 heterocycles. The summed E-state index contributed by atoms with van der Waals surface area (Å²) >= 11 is 86.5. The quantitative estimate of drug-likeness (QED) is 0.227. The Morgan fingerprint density at radius 2 is 0.471 bits per heavy atom. The number of benzene rings is 1. The average molecular weight is 1340 g/mol. The molecule has 0 aliphatic carbocycles. The Morgan fingerprint density at radius 1 is 0.314 bits per heavy atom. The van der Waals surface area contributed by atoms with E-state index in [4.69, 9.17) is 258 Å². The first kappa shape index (κ1) is 68.6. The Bertz CT molecular complexity index is 1910. The van der Waals surface area contributed by atoms with Gasteiger partial charge in [0.05, 0.1) is 22.2 Å². The fourth-order valence-corrected chi connectivity index (χ4v) is 5.55. The predicted octanol–water partition coefficient (Wildman–Crippen LogP) is 18.0. The van der Waals surface area contributed by atoms with E-state index in [-0.39, 0.29) is 22.2 Å². The van der Waals surface area contributed by atoms with Gasteiger partial charge in [-0.3, -0.25) is 0 Å². The van der Waals surface area contributed by atoms with Crippen LogP contribution in [-0.4, -0.2) is 108 Å². The van der Waals surface area contributed by atoms with E-state index in [2.05, 4.69) is 24.3 Å². The van der Waals surface area contributed by atoms with Gasteiger partial charge in [-0.1, -0.05) is 233 Å². The predicted molar refractivity (Wildman–Crippen MR) is 307 cm³/mol. The van der Waals surface area contributed by atoms with Crippen LogP contribution in [0.2, 0.25) is 0 Å². The lowest BCUT2D eigenvalue weighted by atomic mass is 9.99. The van der Waals surface area contributed by atoms with Crippen LogP contribution in [-0.2, 0) is 18.9 Å². The third-order valence-corrected chi connectivity index (χ3v) is 7.94. The minimum atomic E-state index is -0.750. The summed E-state index contributed by atoms with van der Waals surface area (Å²) in [6.07, 6.45) is 0. The number of rotatable bonds is 6. The van der Waals surface area contributed by atoms with Gasteiger partial charge in [0.15, 0.2) is 25.8 Å². The van der Waals surface area contributed by atoms with Crippen LogP contribution in [0.1, 0.15) is 78.2 Å². The van der Waals surface area contributed by atoms with Gasteiger partial charge in [0.2, 0.25) is 23.6 Å². The van der Waals surface area contributed by atoms with Crippen molar-refractivity contribution in [1.29, 1.82) is 0 Å². The second-order valence-corrected chi connectivity index (χ2v) is 28.3. The number of halogens is 18. The van der Waals surface area contributed by atoms with Gasteiger partial charge in [-0.05, 0) is 102 Å². The Hall–Kier alpha value is 0.620. The summed E-state index contributed by atoms with van der Waals surface area (Å²) in [5.41, 5.74) is 5.32. The number of nitrogens with zero attached hydrogens (tertiary/aromatic N) is 6.